The minimum absolute atomic E-state index is 0.0419. The van der Waals surface area contributed by atoms with E-state index in [0.29, 0.717) is 37.3 Å². The highest BCUT2D eigenvalue weighted by atomic mass is 16.6. The van der Waals surface area contributed by atoms with E-state index in [4.69, 9.17) is 20.6 Å². The minimum Gasteiger partial charge on any atom is -0.507 e. The van der Waals surface area contributed by atoms with Crippen LogP contribution in [0.15, 0.2) is 59.2 Å². The molecule has 1 amide bonds. The van der Waals surface area contributed by atoms with Crippen LogP contribution in [0.1, 0.15) is 43.9 Å². The third-order valence-corrected chi connectivity index (χ3v) is 5.49. The van der Waals surface area contributed by atoms with Gasteiger partial charge in [0, 0.05) is 24.6 Å². The average Bonchev–Trinajstić information content (AvgIpc) is 2.98. The van der Waals surface area contributed by atoms with E-state index < -0.39 is 5.60 Å². The fraction of sp³-hybridized carbons (Fsp3) is 0.400. The van der Waals surface area contributed by atoms with Gasteiger partial charge in [-0.05, 0) is 63.3 Å². The first kappa shape index (κ1) is 23.9. The van der Waals surface area contributed by atoms with Crippen LogP contribution >= 0.6 is 0 Å². The molecule has 33 heavy (non-hydrogen) atoms. The highest BCUT2D eigenvalue weighted by Gasteiger charge is 2.24. The molecular formula is C25H30N4O4. The number of carbonyl (C=O) groups is 1. The van der Waals surface area contributed by atoms with Crippen molar-refractivity contribution in [1.29, 1.82) is 5.26 Å². The van der Waals surface area contributed by atoms with E-state index in [1.807, 2.05) is 45.0 Å². The average molecular weight is 451 g/mol. The van der Waals surface area contributed by atoms with Crippen molar-refractivity contribution in [1.82, 2.24) is 4.90 Å². The number of amidine groups is 1. The lowest BCUT2D eigenvalue weighted by Crippen LogP contribution is -2.38. The van der Waals surface area contributed by atoms with Gasteiger partial charge in [-0.3, -0.25) is 0 Å². The Morgan fingerprint density at radius 2 is 2.00 bits per heavy atom. The molecule has 1 aromatic carbocycles. The molecule has 0 radical (unpaired) electrons. The molecule has 1 aromatic rings. The summed E-state index contributed by atoms with van der Waals surface area (Å²) in [5, 5.41) is 22.8. The summed E-state index contributed by atoms with van der Waals surface area (Å²) < 4.78 is 5.50. The van der Waals surface area contributed by atoms with Gasteiger partial charge in [-0.2, -0.15) is 5.26 Å². The number of carbonyl (C=O) groups excluding carboxylic acids is 1. The molecule has 1 heterocycles. The standard InChI is InChI=1S/C25H30N4O4/c1-16(18-7-8-22(30)21(13-18)15-26)33-28-23(27)20-6-5-17-9-11-29(12-10-19(17)14-20)24(31)32-25(2,3)4/h5-8,14,18,30H,1,9-13H2,2-4H3,(H2,27,28). The van der Waals surface area contributed by atoms with E-state index in [9.17, 15) is 9.90 Å². The predicted molar refractivity (Wildman–Crippen MR) is 125 cm³/mol. The topological polar surface area (TPSA) is 121 Å². The van der Waals surface area contributed by atoms with E-state index in [-0.39, 0.29) is 29.2 Å². The number of fused-ring (bicyclic) bond motifs is 1. The van der Waals surface area contributed by atoms with Crippen molar-refractivity contribution in [2.45, 2.75) is 45.6 Å². The maximum Gasteiger partial charge on any atom is 0.410 e. The van der Waals surface area contributed by atoms with Crippen molar-refractivity contribution >= 4 is 11.9 Å². The van der Waals surface area contributed by atoms with Gasteiger partial charge in [-0.25, -0.2) is 4.79 Å². The lowest BCUT2D eigenvalue weighted by molar-refractivity contribution is 0.0258. The van der Waals surface area contributed by atoms with Gasteiger partial charge in [0.1, 0.15) is 17.1 Å². The highest BCUT2D eigenvalue weighted by Crippen LogP contribution is 2.27. The van der Waals surface area contributed by atoms with Crippen molar-refractivity contribution in [3.05, 3.63) is 70.7 Å². The third-order valence-electron chi connectivity index (χ3n) is 5.49. The molecule has 174 valence electrons. The fourth-order valence-electron chi connectivity index (χ4n) is 3.65. The van der Waals surface area contributed by atoms with Crippen molar-refractivity contribution < 1.29 is 19.5 Å². The van der Waals surface area contributed by atoms with E-state index in [0.717, 1.165) is 17.5 Å². The number of rotatable bonds is 4. The van der Waals surface area contributed by atoms with Crippen LogP contribution in [-0.4, -0.2) is 40.6 Å². The number of nitrogens with zero attached hydrogens (tertiary/aromatic N) is 3. The van der Waals surface area contributed by atoms with Gasteiger partial charge >= 0.3 is 6.09 Å². The summed E-state index contributed by atoms with van der Waals surface area (Å²) in [5.41, 5.74) is 8.86. The molecule has 1 aliphatic carbocycles. The van der Waals surface area contributed by atoms with Crippen LogP contribution in [0.2, 0.25) is 0 Å². The van der Waals surface area contributed by atoms with Gasteiger partial charge < -0.3 is 25.3 Å². The maximum atomic E-state index is 12.4. The highest BCUT2D eigenvalue weighted by molar-refractivity contribution is 5.97. The molecule has 0 aromatic heterocycles. The zero-order valence-corrected chi connectivity index (χ0v) is 19.3. The van der Waals surface area contributed by atoms with Crippen LogP contribution < -0.4 is 5.73 Å². The van der Waals surface area contributed by atoms with E-state index in [1.165, 1.54) is 6.08 Å². The Morgan fingerprint density at radius 3 is 2.67 bits per heavy atom. The molecule has 8 nitrogen and oxygen atoms in total. The molecular weight excluding hydrogens is 420 g/mol. The molecule has 3 rings (SSSR count). The van der Waals surface area contributed by atoms with Crippen molar-refractivity contribution in [2.75, 3.05) is 13.1 Å². The molecule has 0 spiro atoms. The summed E-state index contributed by atoms with van der Waals surface area (Å²) in [6, 6.07) is 7.81. The lowest BCUT2D eigenvalue weighted by Gasteiger charge is -2.26. The summed E-state index contributed by atoms with van der Waals surface area (Å²) in [6.45, 7) is 10.6. The SMILES string of the molecule is C=C(O/N=C(\N)c1ccc2c(c1)CCN(C(=O)OC(C)(C)C)CC2)C1C=CC(O)=C(C#N)C1. The van der Waals surface area contributed by atoms with Gasteiger partial charge in [0.05, 0.1) is 11.6 Å². The number of ether oxygens (including phenoxy) is 1. The number of aliphatic hydroxyl groups excluding tert-OH is 1. The fourth-order valence-corrected chi connectivity index (χ4v) is 3.65. The van der Waals surface area contributed by atoms with Gasteiger partial charge in [0.15, 0.2) is 5.84 Å². The number of hydrogen-bond donors (Lipinski definition) is 2. The van der Waals surface area contributed by atoms with Crippen molar-refractivity contribution in [3.8, 4) is 6.07 Å². The van der Waals surface area contributed by atoms with Gasteiger partial charge in [0.2, 0.25) is 0 Å². The van der Waals surface area contributed by atoms with E-state index in [1.54, 1.807) is 11.0 Å². The number of hydrogen-bond acceptors (Lipinski definition) is 6. The Bertz CT molecular complexity index is 1070. The predicted octanol–water partition coefficient (Wildman–Crippen LogP) is 4.08. The third kappa shape index (κ3) is 6.16. The molecule has 1 aliphatic heterocycles. The number of nitriles is 1. The number of aliphatic hydroxyl groups is 1. The summed E-state index contributed by atoms with van der Waals surface area (Å²) in [7, 11) is 0. The number of benzene rings is 1. The summed E-state index contributed by atoms with van der Waals surface area (Å²) >= 11 is 0. The van der Waals surface area contributed by atoms with Crippen LogP contribution in [-0.2, 0) is 22.4 Å². The van der Waals surface area contributed by atoms with Gasteiger partial charge in [-0.1, -0.05) is 29.9 Å². The van der Waals surface area contributed by atoms with Crippen LogP contribution in [0.4, 0.5) is 4.79 Å². The summed E-state index contributed by atoms with van der Waals surface area (Å²) in [4.78, 5) is 19.6. The van der Waals surface area contributed by atoms with E-state index in [2.05, 4.69) is 11.7 Å². The molecule has 1 unspecified atom stereocenters. The van der Waals surface area contributed by atoms with Crippen LogP contribution in [0.5, 0.6) is 0 Å². The summed E-state index contributed by atoms with van der Waals surface area (Å²) in [5.74, 6) is 0.209. The van der Waals surface area contributed by atoms with Crippen molar-refractivity contribution in [2.24, 2.45) is 16.8 Å². The largest absolute Gasteiger partial charge is 0.507 e. The molecule has 0 saturated carbocycles. The first-order chi connectivity index (χ1) is 15.6. The number of allylic oxidation sites excluding steroid dienone is 3. The smallest absolute Gasteiger partial charge is 0.410 e. The zero-order chi connectivity index (χ0) is 24.2. The van der Waals surface area contributed by atoms with Crippen LogP contribution in [0.25, 0.3) is 0 Å². The molecule has 1 atom stereocenters. The van der Waals surface area contributed by atoms with Crippen LogP contribution in [0, 0.1) is 17.2 Å². The maximum absolute atomic E-state index is 12.4. The van der Waals surface area contributed by atoms with Crippen molar-refractivity contribution in [3.63, 3.8) is 0 Å². The summed E-state index contributed by atoms with van der Waals surface area (Å²) in [6.07, 6.45) is 4.57. The Kier molecular flexibility index (Phi) is 7.12. The molecule has 3 N–H and O–H groups in total. The lowest BCUT2D eigenvalue weighted by atomic mass is 9.93. The molecule has 8 heteroatoms. The second-order valence-corrected chi connectivity index (χ2v) is 9.13. The normalized spacial score (nSPS) is 18.8. The zero-order valence-electron chi connectivity index (χ0n) is 19.3. The quantitative estimate of drug-likeness (QED) is 0.308. The Morgan fingerprint density at radius 1 is 1.30 bits per heavy atom. The second kappa shape index (κ2) is 9.82. The number of amides is 1. The molecule has 2 aliphatic rings. The minimum atomic E-state index is -0.529. The van der Waals surface area contributed by atoms with E-state index >= 15 is 0 Å². The first-order valence-corrected chi connectivity index (χ1v) is 10.9. The second-order valence-electron chi connectivity index (χ2n) is 9.13. The first-order valence-electron chi connectivity index (χ1n) is 10.9. The molecule has 0 saturated heterocycles. The Hall–Kier alpha value is -3.73. The monoisotopic (exact) mass is 450 g/mol. The Balaban J connectivity index is 1.64. The van der Waals surface area contributed by atoms with Crippen LogP contribution in [0.3, 0.4) is 0 Å². The van der Waals surface area contributed by atoms with Gasteiger partial charge in [-0.15, -0.1) is 0 Å². The number of nitrogens with two attached hydrogens (primary N) is 1. The molecule has 0 fully saturated rings. The van der Waals surface area contributed by atoms with Gasteiger partial charge in [0.25, 0.3) is 0 Å². The molecule has 0 bridgehead atoms. The number of oxime groups is 1. The Labute approximate surface area is 194 Å².